The number of hydrazone groups is 1. The molecule has 0 unspecified atom stereocenters. The minimum absolute atomic E-state index is 0.0154. The van der Waals surface area contributed by atoms with Gasteiger partial charge in [0, 0.05) is 12.4 Å². The van der Waals surface area contributed by atoms with E-state index in [0.717, 1.165) is 5.56 Å². The summed E-state index contributed by atoms with van der Waals surface area (Å²) in [4.78, 5) is 26.5. The second-order valence-electron chi connectivity index (χ2n) is 5.37. The summed E-state index contributed by atoms with van der Waals surface area (Å²) in [5.74, 6) is -0.743. The first kappa shape index (κ1) is 17.3. The molecule has 0 bridgehead atoms. The highest BCUT2D eigenvalue weighted by atomic mass is 16.6. The Labute approximate surface area is 138 Å². The predicted molar refractivity (Wildman–Crippen MR) is 87.5 cm³/mol. The van der Waals surface area contributed by atoms with Crippen molar-refractivity contribution < 1.29 is 9.72 Å². The maximum absolute atomic E-state index is 12.1. The lowest BCUT2D eigenvalue weighted by molar-refractivity contribution is -0.386. The molecule has 9 heteroatoms. The number of carbonyl (C=O) groups is 1. The molecule has 24 heavy (non-hydrogen) atoms. The fourth-order valence-corrected chi connectivity index (χ4v) is 2.20. The molecule has 0 aromatic carbocycles. The zero-order chi connectivity index (χ0) is 17.7. The Morgan fingerprint density at radius 3 is 2.71 bits per heavy atom. The van der Waals surface area contributed by atoms with Crippen LogP contribution in [-0.4, -0.2) is 31.8 Å². The lowest BCUT2D eigenvalue weighted by Gasteiger charge is -2.10. The van der Waals surface area contributed by atoms with E-state index in [1.165, 1.54) is 10.9 Å². The standard InChI is InChI=1S/C15H18N6O3/c1-10(9-20-12(3)14(21(23)24)11(2)19-20)15(22)18-17-8-13-4-6-16-7-5-13/h4-8,10H,9H2,1-3H3,(H,18,22)/b17-8-/t10-/m0/s1. The summed E-state index contributed by atoms with van der Waals surface area (Å²) in [6.07, 6.45) is 4.77. The molecule has 0 fully saturated rings. The SMILES string of the molecule is Cc1nn(C[C@H](C)C(=O)N/N=C\c2ccncc2)c(C)c1[N+](=O)[O-]. The molecule has 0 aliphatic rings. The smallest absolute Gasteiger partial charge is 0.273 e. The third kappa shape index (κ3) is 4.00. The Morgan fingerprint density at radius 1 is 1.46 bits per heavy atom. The van der Waals surface area contributed by atoms with E-state index in [1.807, 2.05) is 0 Å². The number of amides is 1. The van der Waals surface area contributed by atoms with Gasteiger partial charge in [-0.25, -0.2) is 5.43 Å². The number of nitrogens with one attached hydrogen (secondary N) is 1. The Kier molecular flexibility index (Phi) is 5.35. The maximum Gasteiger partial charge on any atom is 0.312 e. The molecule has 2 heterocycles. The van der Waals surface area contributed by atoms with E-state index in [0.29, 0.717) is 11.4 Å². The third-order valence-electron chi connectivity index (χ3n) is 3.51. The van der Waals surface area contributed by atoms with Crippen LogP contribution in [0.15, 0.2) is 29.6 Å². The number of aromatic nitrogens is 3. The summed E-state index contributed by atoms with van der Waals surface area (Å²) in [6.45, 7) is 5.13. The van der Waals surface area contributed by atoms with Crippen molar-refractivity contribution in [3.05, 3.63) is 51.6 Å². The second-order valence-corrected chi connectivity index (χ2v) is 5.37. The van der Waals surface area contributed by atoms with Crippen molar-refractivity contribution in [3.8, 4) is 0 Å². The van der Waals surface area contributed by atoms with Gasteiger partial charge in [-0.2, -0.15) is 10.2 Å². The highest BCUT2D eigenvalue weighted by Crippen LogP contribution is 2.22. The van der Waals surface area contributed by atoms with Crippen LogP contribution in [0.1, 0.15) is 23.9 Å². The highest BCUT2D eigenvalue weighted by molar-refractivity contribution is 5.82. The topological polar surface area (TPSA) is 115 Å². The van der Waals surface area contributed by atoms with Crippen LogP contribution in [0.3, 0.4) is 0 Å². The first-order chi connectivity index (χ1) is 11.4. The Hall–Kier alpha value is -3.10. The Morgan fingerprint density at radius 2 is 2.12 bits per heavy atom. The van der Waals surface area contributed by atoms with E-state index >= 15 is 0 Å². The molecule has 2 aromatic rings. The lowest BCUT2D eigenvalue weighted by Crippen LogP contribution is -2.28. The van der Waals surface area contributed by atoms with E-state index in [-0.39, 0.29) is 18.1 Å². The van der Waals surface area contributed by atoms with Crippen LogP contribution in [0.4, 0.5) is 5.69 Å². The van der Waals surface area contributed by atoms with Crippen molar-refractivity contribution in [2.75, 3.05) is 0 Å². The Balaban J connectivity index is 1.98. The normalized spacial score (nSPS) is 12.3. The largest absolute Gasteiger partial charge is 0.312 e. The number of pyridine rings is 1. The summed E-state index contributed by atoms with van der Waals surface area (Å²) in [5, 5.41) is 19.0. The summed E-state index contributed by atoms with van der Waals surface area (Å²) < 4.78 is 1.48. The van der Waals surface area contributed by atoms with Gasteiger partial charge >= 0.3 is 5.69 Å². The van der Waals surface area contributed by atoms with Crippen molar-refractivity contribution in [3.63, 3.8) is 0 Å². The average Bonchev–Trinajstić information content (AvgIpc) is 2.82. The van der Waals surface area contributed by atoms with Crippen LogP contribution in [-0.2, 0) is 11.3 Å². The number of nitro groups is 1. The van der Waals surface area contributed by atoms with Gasteiger partial charge < -0.3 is 0 Å². The molecule has 1 atom stereocenters. The molecule has 9 nitrogen and oxygen atoms in total. The molecule has 2 rings (SSSR count). The van der Waals surface area contributed by atoms with Gasteiger partial charge in [0.1, 0.15) is 11.4 Å². The number of rotatable bonds is 6. The van der Waals surface area contributed by atoms with E-state index in [2.05, 4.69) is 20.6 Å². The van der Waals surface area contributed by atoms with Crippen LogP contribution in [0.2, 0.25) is 0 Å². The van der Waals surface area contributed by atoms with Gasteiger partial charge in [-0.3, -0.25) is 24.6 Å². The minimum atomic E-state index is -0.460. The van der Waals surface area contributed by atoms with Gasteiger partial charge in [-0.1, -0.05) is 6.92 Å². The summed E-state index contributed by atoms with van der Waals surface area (Å²) >= 11 is 0. The fraction of sp³-hybridized carbons (Fsp3) is 0.333. The summed E-state index contributed by atoms with van der Waals surface area (Å²) in [7, 11) is 0. The van der Waals surface area contributed by atoms with Crippen molar-refractivity contribution in [1.82, 2.24) is 20.2 Å². The van der Waals surface area contributed by atoms with Crippen LogP contribution in [0, 0.1) is 29.9 Å². The van der Waals surface area contributed by atoms with Gasteiger partial charge in [0.15, 0.2) is 0 Å². The van der Waals surface area contributed by atoms with Crippen LogP contribution in [0.5, 0.6) is 0 Å². The first-order valence-electron chi connectivity index (χ1n) is 7.31. The van der Waals surface area contributed by atoms with Gasteiger partial charge in [-0.15, -0.1) is 0 Å². The van der Waals surface area contributed by atoms with E-state index in [4.69, 9.17) is 0 Å². The highest BCUT2D eigenvalue weighted by Gasteiger charge is 2.23. The second kappa shape index (κ2) is 7.44. The molecule has 0 radical (unpaired) electrons. The molecule has 0 saturated heterocycles. The Bertz CT molecular complexity index is 769. The fourth-order valence-electron chi connectivity index (χ4n) is 2.20. The molecule has 1 N–H and O–H groups in total. The number of carbonyl (C=O) groups excluding carboxylic acids is 1. The molecule has 1 amide bonds. The van der Waals surface area contributed by atoms with Crippen LogP contribution in [0.25, 0.3) is 0 Å². The molecule has 0 saturated carbocycles. The van der Waals surface area contributed by atoms with Gasteiger partial charge in [0.25, 0.3) is 0 Å². The monoisotopic (exact) mass is 330 g/mol. The molecular weight excluding hydrogens is 312 g/mol. The minimum Gasteiger partial charge on any atom is -0.273 e. The average molecular weight is 330 g/mol. The van der Waals surface area contributed by atoms with Gasteiger partial charge in [-0.05, 0) is 31.5 Å². The predicted octanol–water partition coefficient (Wildman–Crippen LogP) is 1.59. The number of aryl methyl sites for hydroxylation is 1. The van der Waals surface area contributed by atoms with Crippen molar-refractivity contribution in [2.45, 2.75) is 27.3 Å². The van der Waals surface area contributed by atoms with Gasteiger partial charge in [0.2, 0.25) is 5.91 Å². The van der Waals surface area contributed by atoms with Crippen molar-refractivity contribution in [1.29, 1.82) is 0 Å². The third-order valence-corrected chi connectivity index (χ3v) is 3.51. The van der Waals surface area contributed by atoms with Crippen LogP contribution >= 0.6 is 0 Å². The van der Waals surface area contributed by atoms with E-state index < -0.39 is 10.8 Å². The summed E-state index contributed by atoms with van der Waals surface area (Å²) in [5.41, 5.74) is 4.01. The van der Waals surface area contributed by atoms with Crippen molar-refractivity contribution >= 4 is 17.8 Å². The molecule has 0 aliphatic heterocycles. The quantitative estimate of drug-likeness (QED) is 0.490. The first-order valence-corrected chi connectivity index (χ1v) is 7.31. The molecule has 2 aromatic heterocycles. The van der Waals surface area contributed by atoms with Crippen LogP contribution < -0.4 is 5.43 Å². The number of nitrogens with zero attached hydrogens (tertiary/aromatic N) is 5. The van der Waals surface area contributed by atoms with E-state index in [9.17, 15) is 14.9 Å². The van der Waals surface area contributed by atoms with Gasteiger partial charge in [0.05, 0.1) is 23.6 Å². The zero-order valence-corrected chi connectivity index (χ0v) is 13.6. The lowest BCUT2D eigenvalue weighted by atomic mass is 10.1. The molecular formula is C15H18N6O3. The molecule has 0 spiro atoms. The van der Waals surface area contributed by atoms with E-state index in [1.54, 1.807) is 45.3 Å². The van der Waals surface area contributed by atoms with Crippen molar-refractivity contribution in [2.24, 2.45) is 11.0 Å². The zero-order valence-electron chi connectivity index (χ0n) is 13.6. The molecule has 0 aliphatic carbocycles. The maximum atomic E-state index is 12.1. The molecule has 126 valence electrons. The number of hydrogen-bond acceptors (Lipinski definition) is 6. The summed E-state index contributed by atoms with van der Waals surface area (Å²) in [6, 6.07) is 3.52. The number of hydrogen-bond donors (Lipinski definition) is 1.